The molecule has 0 spiro atoms. The number of aromatic nitrogens is 1. The molecule has 1 aromatic heterocycles. The largest absolute Gasteiger partial charge is 0.442 e. The molecule has 0 amide bonds. The number of Topliss-reactive ketones (excluding diaryl/α,β-unsaturated/α-hetero) is 1. The van der Waals surface area contributed by atoms with Crippen LogP contribution in [0, 0.1) is 5.92 Å². The molecule has 0 fully saturated rings. The van der Waals surface area contributed by atoms with E-state index in [4.69, 9.17) is 4.42 Å². The van der Waals surface area contributed by atoms with Gasteiger partial charge >= 0.3 is 0 Å². The number of hydrogen-bond acceptors (Lipinski definition) is 3. The van der Waals surface area contributed by atoms with Gasteiger partial charge in [-0.15, -0.1) is 0 Å². The van der Waals surface area contributed by atoms with E-state index in [0.717, 1.165) is 5.69 Å². The fraction of sp³-hybridized carbons (Fsp3) is 0.667. The summed E-state index contributed by atoms with van der Waals surface area (Å²) in [4.78, 5) is 15.9. The van der Waals surface area contributed by atoms with Crippen molar-refractivity contribution in [3.05, 3.63) is 17.8 Å². The number of nitrogens with zero attached hydrogens (tertiary/aromatic N) is 1. The number of ketones is 1. The SMILES string of the molecule is CC(C)CC(=O)c1nc(C(C)(C)C)co1. The lowest BCUT2D eigenvalue weighted by atomic mass is 9.93. The Morgan fingerprint density at radius 3 is 2.47 bits per heavy atom. The smallest absolute Gasteiger partial charge is 0.263 e. The summed E-state index contributed by atoms with van der Waals surface area (Å²) in [7, 11) is 0. The summed E-state index contributed by atoms with van der Waals surface area (Å²) < 4.78 is 5.19. The summed E-state index contributed by atoms with van der Waals surface area (Å²) in [5.74, 6) is 0.566. The van der Waals surface area contributed by atoms with Gasteiger partial charge in [-0.3, -0.25) is 4.79 Å². The van der Waals surface area contributed by atoms with Crippen molar-refractivity contribution < 1.29 is 9.21 Å². The highest BCUT2D eigenvalue weighted by molar-refractivity contribution is 5.91. The van der Waals surface area contributed by atoms with Crippen molar-refractivity contribution in [2.24, 2.45) is 5.92 Å². The fourth-order valence-corrected chi connectivity index (χ4v) is 1.20. The first kappa shape index (κ1) is 12.0. The molecule has 15 heavy (non-hydrogen) atoms. The van der Waals surface area contributed by atoms with Gasteiger partial charge in [0.15, 0.2) is 0 Å². The van der Waals surface area contributed by atoms with E-state index in [-0.39, 0.29) is 17.1 Å². The predicted octanol–water partition coefficient (Wildman–Crippen LogP) is 3.20. The second-order valence-electron chi connectivity index (χ2n) is 5.31. The first-order valence-electron chi connectivity index (χ1n) is 5.30. The van der Waals surface area contributed by atoms with Crippen LogP contribution in [0.4, 0.5) is 0 Å². The van der Waals surface area contributed by atoms with Gasteiger partial charge in [0.2, 0.25) is 5.78 Å². The molecule has 0 unspecified atom stereocenters. The zero-order valence-corrected chi connectivity index (χ0v) is 10.1. The topological polar surface area (TPSA) is 43.1 Å². The summed E-state index contributed by atoms with van der Waals surface area (Å²) >= 11 is 0. The van der Waals surface area contributed by atoms with Gasteiger partial charge in [-0.05, 0) is 5.92 Å². The van der Waals surface area contributed by atoms with Crippen LogP contribution in [0.3, 0.4) is 0 Å². The zero-order chi connectivity index (χ0) is 11.6. The van der Waals surface area contributed by atoms with Gasteiger partial charge in [0.1, 0.15) is 6.26 Å². The number of rotatable bonds is 3. The molecule has 3 heteroatoms. The molecule has 3 nitrogen and oxygen atoms in total. The first-order valence-corrected chi connectivity index (χ1v) is 5.30. The highest BCUT2D eigenvalue weighted by Gasteiger charge is 2.21. The Hall–Kier alpha value is -1.12. The standard InChI is InChI=1S/C12H19NO2/c1-8(2)6-9(14)11-13-10(7-15-11)12(3,4)5/h7-8H,6H2,1-5H3. The Morgan fingerprint density at radius 1 is 1.47 bits per heavy atom. The van der Waals surface area contributed by atoms with Crippen molar-refractivity contribution in [1.82, 2.24) is 4.98 Å². The highest BCUT2D eigenvalue weighted by atomic mass is 16.3. The van der Waals surface area contributed by atoms with Gasteiger partial charge < -0.3 is 4.42 Å². The molecule has 0 atom stereocenters. The molecule has 0 radical (unpaired) electrons. The molecule has 1 heterocycles. The van der Waals surface area contributed by atoms with Crippen LogP contribution in [-0.4, -0.2) is 10.8 Å². The summed E-state index contributed by atoms with van der Waals surface area (Å²) in [6.07, 6.45) is 2.07. The normalized spacial score (nSPS) is 12.1. The summed E-state index contributed by atoms with van der Waals surface area (Å²) in [5, 5.41) is 0. The van der Waals surface area contributed by atoms with Gasteiger partial charge in [0.05, 0.1) is 5.69 Å². The van der Waals surface area contributed by atoms with E-state index >= 15 is 0 Å². The molecule has 0 aliphatic rings. The summed E-state index contributed by atoms with van der Waals surface area (Å²) in [6.45, 7) is 10.1. The number of hydrogen-bond donors (Lipinski definition) is 0. The highest BCUT2D eigenvalue weighted by Crippen LogP contribution is 2.21. The van der Waals surface area contributed by atoms with Gasteiger partial charge in [-0.25, -0.2) is 4.98 Å². The lowest BCUT2D eigenvalue weighted by Gasteiger charge is -2.12. The molecule has 1 rings (SSSR count). The fourth-order valence-electron chi connectivity index (χ4n) is 1.20. The van der Waals surface area contributed by atoms with E-state index in [9.17, 15) is 4.79 Å². The zero-order valence-electron chi connectivity index (χ0n) is 10.1. The molecular formula is C12H19NO2. The van der Waals surface area contributed by atoms with E-state index in [2.05, 4.69) is 4.98 Å². The number of carbonyl (C=O) groups is 1. The van der Waals surface area contributed by atoms with Crippen molar-refractivity contribution >= 4 is 5.78 Å². The van der Waals surface area contributed by atoms with E-state index in [0.29, 0.717) is 12.3 Å². The Kier molecular flexibility index (Phi) is 3.32. The Morgan fingerprint density at radius 2 is 2.07 bits per heavy atom. The molecule has 0 bridgehead atoms. The number of carbonyl (C=O) groups excluding carboxylic acids is 1. The average Bonchev–Trinajstić information content (AvgIpc) is 2.48. The van der Waals surface area contributed by atoms with Crippen molar-refractivity contribution in [2.45, 2.75) is 46.5 Å². The van der Waals surface area contributed by atoms with Crippen LogP contribution in [-0.2, 0) is 5.41 Å². The van der Waals surface area contributed by atoms with Crippen molar-refractivity contribution in [3.63, 3.8) is 0 Å². The van der Waals surface area contributed by atoms with Crippen molar-refractivity contribution in [3.8, 4) is 0 Å². The molecular weight excluding hydrogens is 190 g/mol. The van der Waals surface area contributed by atoms with Crippen molar-refractivity contribution in [1.29, 1.82) is 0 Å². The maximum absolute atomic E-state index is 11.6. The molecule has 0 aliphatic carbocycles. The van der Waals surface area contributed by atoms with E-state index in [1.165, 1.54) is 0 Å². The predicted molar refractivity (Wildman–Crippen MR) is 59.0 cm³/mol. The van der Waals surface area contributed by atoms with Gasteiger partial charge in [-0.1, -0.05) is 34.6 Å². The van der Waals surface area contributed by atoms with Crippen molar-refractivity contribution in [2.75, 3.05) is 0 Å². The minimum Gasteiger partial charge on any atom is -0.442 e. The molecule has 1 aromatic rings. The summed E-state index contributed by atoms with van der Waals surface area (Å²) in [6, 6.07) is 0. The molecule has 0 N–H and O–H groups in total. The van der Waals surface area contributed by atoms with Crippen LogP contribution in [0.15, 0.2) is 10.7 Å². The number of oxazole rings is 1. The molecule has 0 saturated carbocycles. The lowest BCUT2D eigenvalue weighted by molar-refractivity contribution is 0.0934. The van der Waals surface area contributed by atoms with Crippen LogP contribution in [0.25, 0.3) is 0 Å². The summed E-state index contributed by atoms with van der Waals surface area (Å²) in [5.41, 5.74) is 0.759. The van der Waals surface area contributed by atoms with Crippen LogP contribution >= 0.6 is 0 Å². The molecule has 84 valence electrons. The Bertz CT molecular complexity index is 345. The minimum atomic E-state index is -0.0696. The maximum Gasteiger partial charge on any atom is 0.263 e. The third-order valence-corrected chi connectivity index (χ3v) is 2.10. The van der Waals surface area contributed by atoms with E-state index < -0.39 is 0 Å². The van der Waals surface area contributed by atoms with Crippen LogP contribution in [0.1, 0.15) is 57.4 Å². The van der Waals surface area contributed by atoms with Crippen LogP contribution in [0.2, 0.25) is 0 Å². The molecule has 0 aliphatic heterocycles. The Balaban J connectivity index is 2.81. The third kappa shape index (κ3) is 3.18. The monoisotopic (exact) mass is 209 g/mol. The average molecular weight is 209 g/mol. The van der Waals surface area contributed by atoms with Gasteiger partial charge in [0, 0.05) is 11.8 Å². The van der Waals surface area contributed by atoms with E-state index in [1.54, 1.807) is 6.26 Å². The Labute approximate surface area is 90.9 Å². The van der Waals surface area contributed by atoms with Crippen LogP contribution in [0.5, 0.6) is 0 Å². The molecule has 0 saturated heterocycles. The second-order valence-corrected chi connectivity index (χ2v) is 5.31. The minimum absolute atomic E-state index is 0.0134. The van der Waals surface area contributed by atoms with Gasteiger partial charge in [0.25, 0.3) is 5.89 Å². The van der Waals surface area contributed by atoms with E-state index in [1.807, 2.05) is 34.6 Å². The van der Waals surface area contributed by atoms with Gasteiger partial charge in [-0.2, -0.15) is 0 Å². The van der Waals surface area contributed by atoms with Crippen LogP contribution < -0.4 is 0 Å². The lowest BCUT2D eigenvalue weighted by Crippen LogP contribution is -2.12. The quantitative estimate of drug-likeness (QED) is 0.718. The second kappa shape index (κ2) is 4.17. The first-order chi connectivity index (χ1) is 6.80. The maximum atomic E-state index is 11.6. The third-order valence-electron chi connectivity index (χ3n) is 2.10. The molecule has 0 aromatic carbocycles.